The Labute approximate surface area is 126 Å². The number of carbonyl (C=O) groups is 1. The van der Waals surface area contributed by atoms with Gasteiger partial charge in [-0.05, 0) is 37.0 Å². The van der Waals surface area contributed by atoms with E-state index < -0.39 is 0 Å². The van der Waals surface area contributed by atoms with Crippen LogP contribution in [0.2, 0.25) is 0 Å². The van der Waals surface area contributed by atoms with E-state index in [2.05, 4.69) is 6.92 Å². The Hall–Kier alpha value is -1.55. The summed E-state index contributed by atoms with van der Waals surface area (Å²) in [6.07, 6.45) is 5.40. The van der Waals surface area contributed by atoms with E-state index in [4.69, 9.17) is 9.84 Å². The van der Waals surface area contributed by atoms with Crippen LogP contribution in [-0.2, 0) is 11.2 Å². The van der Waals surface area contributed by atoms with Gasteiger partial charge in [-0.15, -0.1) is 0 Å². The molecule has 1 N–H and O–H groups in total. The number of benzene rings is 1. The molecule has 1 aromatic carbocycles. The van der Waals surface area contributed by atoms with E-state index in [0.717, 1.165) is 25.0 Å². The molecule has 0 unspecified atom stereocenters. The average Bonchev–Trinajstić information content (AvgIpc) is 3.04. The standard InChI is InChI=1S/C17H25NO3/c1-2-14-7-9-16(10-8-14)21-13-17(20)18(11-12-19)15-5-3-4-6-15/h7-10,15,19H,2-6,11-13H2,1H3. The minimum absolute atomic E-state index is 0.00738. The maximum absolute atomic E-state index is 12.3. The minimum Gasteiger partial charge on any atom is -0.484 e. The van der Waals surface area contributed by atoms with Gasteiger partial charge in [0.25, 0.3) is 5.91 Å². The number of aliphatic hydroxyl groups excluding tert-OH is 1. The van der Waals surface area contributed by atoms with Crippen LogP contribution in [-0.4, -0.2) is 41.7 Å². The van der Waals surface area contributed by atoms with Crippen molar-refractivity contribution in [3.05, 3.63) is 29.8 Å². The normalized spacial score (nSPS) is 15.1. The molecule has 2 rings (SSSR count). The molecule has 0 saturated heterocycles. The number of rotatable bonds is 7. The van der Waals surface area contributed by atoms with E-state index in [-0.39, 0.29) is 25.2 Å². The van der Waals surface area contributed by atoms with Gasteiger partial charge in [-0.2, -0.15) is 0 Å². The van der Waals surface area contributed by atoms with Gasteiger partial charge in [-0.1, -0.05) is 31.9 Å². The van der Waals surface area contributed by atoms with Crippen molar-refractivity contribution < 1.29 is 14.6 Å². The first kappa shape index (κ1) is 15.8. The number of aliphatic hydroxyl groups is 1. The lowest BCUT2D eigenvalue weighted by Gasteiger charge is -2.28. The zero-order valence-corrected chi connectivity index (χ0v) is 12.8. The fraction of sp³-hybridized carbons (Fsp3) is 0.588. The van der Waals surface area contributed by atoms with Gasteiger partial charge in [-0.3, -0.25) is 4.79 Å². The molecule has 0 bridgehead atoms. The van der Waals surface area contributed by atoms with Crippen LogP contribution >= 0.6 is 0 Å². The Morgan fingerprint density at radius 3 is 2.52 bits per heavy atom. The Morgan fingerprint density at radius 2 is 1.95 bits per heavy atom. The summed E-state index contributed by atoms with van der Waals surface area (Å²) in [5.41, 5.74) is 1.25. The second kappa shape index (κ2) is 8.03. The van der Waals surface area contributed by atoms with Crippen molar-refractivity contribution >= 4 is 5.91 Å². The highest BCUT2D eigenvalue weighted by molar-refractivity contribution is 5.78. The molecule has 1 amide bonds. The Bertz CT molecular complexity index is 438. The molecule has 21 heavy (non-hydrogen) atoms. The van der Waals surface area contributed by atoms with Crippen LogP contribution < -0.4 is 4.74 Å². The number of hydrogen-bond donors (Lipinski definition) is 1. The van der Waals surface area contributed by atoms with Gasteiger partial charge in [-0.25, -0.2) is 0 Å². The molecule has 116 valence electrons. The first-order chi connectivity index (χ1) is 10.2. The molecule has 0 spiro atoms. The molecule has 1 fully saturated rings. The average molecular weight is 291 g/mol. The highest BCUT2D eigenvalue weighted by atomic mass is 16.5. The summed E-state index contributed by atoms with van der Waals surface area (Å²) in [5, 5.41) is 9.15. The third-order valence-electron chi connectivity index (χ3n) is 4.12. The molecule has 1 aliphatic carbocycles. The smallest absolute Gasteiger partial charge is 0.260 e. The molecule has 4 nitrogen and oxygen atoms in total. The van der Waals surface area contributed by atoms with Crippen molar-refractivity contribution in [1.82, 2.24) is 4.90 Å². The van der Waals surface area contributed by atoms with E-state index in [0.29, 0.717) is 6.54 Å². The summed E-state index contributed by atoms with van der Waals surface area (Å²) in [7, 11) is 0. The van der Waals surface area contributed by atoms with Gasteiger partial charge in [0.15, 0.2) is 6.61 Å². The molecule has 0 radical (unpaired) electrons. The lowest BCUT2D eigenvalue weighted by molar-refractivity contribution is -0.136. The predicted octanol–water partition coefficient (Wildman–Crippen LogP) is 2.39. The number of amides is 1. The number of aryl methyl sites for hydroxylation is 1. The van der Waals surface area contributed by atoms with E-state index in [1.807, 2.05) is 24.3 Å². The number of hydrogen-bond acceptors (Lipinski definition) is 3. The van der Waals surface area contributed by atoms with Crippen molar-refractivity contribution in [2.45, 2.75) is 45.1 Å². The monoisotopic (exact) mass is 291 g/mol. The zero-order chi connectivity index (χ0) is 15.1. The lowest BCUT2D eigenvalue weighted by atomic mass is 10.2. The molecular formula is C17H25NO3. The second-order valence-electron chi connectivity index (χ2n) is 5.54. The SMILES string of the molecule is CCc1ccc(OCC(=O)N(CCO)C2CCCC2)cc1. The van der Waals surface area contributed by atoms with Crippen LogP contribution in [0.4, 0.5) is 0 Å². The summed E-state index contributed by atoms with van der Waals surface area (Å²) < 4.78 is 5.58. The first-order valence-electron chi connectivity index (χ1n) is 7.86. The Kier molecular flexibility index (Phi) is 6.05. The third kappa shape index (κ3) is 4.46. The highest BCUT2D eigenvalue weighted by Gasteiger charge is 2.26. The van der Waals surface area contributed by atoms with Crippen LogP contribution in [0, 0.1) is 0 Å². The molecule has 1 aromatic rings. The lowest BCUT2D eigenvalue weighted by Crippen LogP contribution is -2.43. The Balaban J connectivity index is 1.88. The number of nitrogens with zero attached hydrogens (tertiary/aromatic N) is 1. The van der Waals surface area contributed by atoms with Crippen LogP contribution in [0.3, 0.4) is 0 Å². The third-order valence-corrected chi connectivity index (χ3v) is 4.12. The molecule has 1 saturated carbocycles. The molecule has 1 aliphatic rings. The summed E-state index contributed by atoms with van der Waals surface area (Å²) in [6, 6.07) is 8.11. The van der Waals surface area contributed by atoms with E-state index in [1.54, 1.807) is 4.90 Å². The minimum atomic E-state index is -0.0319. The summed E-state index contributed by atoms with van der Waals surface area (Å²) >= 11 is 0. The Morgan fingerprint density at radius 1 is 1.29 bits per heavy atom. The van der Waals surface area contributed by atoms with Crippen LogP contribution in [0.1, 0.15) is 38.2 Å². The van der Waals surface area contributed by atoms with Gasteiger partial charge in [0, 0.05) is 12.6 Å². The van der Waals surface area contributed by atoms with Crippen LogP contribution in [0.25, 0.3) is 0 Å². The van der Waals surface area contributed by atoms with E-state index in [9.17, 15) is 4.79 Å². The molecule has 0 atom stereocenters. The summed E-state index contributed by atoms with van der Waals surface area (Å²) in [4.78, 5) is 14.1. The first-order valence-corrected chi connectivity index (χ1v) is 7.86. The van der Waals surface area contributed by atoms with Gasteiger partial charge in [0.05, 0.1) is 6.61 Å². The van der Waals surface area contributed by atoms with Crippen molar-refractivity contribution in [2.24, 2.45) is 0 Å². The fourth-order valence-corrected chi connectivity index (χ4v) is 2.88. The quantitative estimate of drug-likeness (QED) is 0.839. The van der Waals surface area contributed by atoms with Gasteiger partial charge in [0.2, 0.25) is 0 Å². The highest BCUT2D eigenvalue weighted by Crippen LogP contribution is 2.23. The van der Waals surface area contributed by atoms with Crippen LogP contribution in [0.5, 0.6) is 5.75 Å². The van der Waals surface area contributed by atoms with Crippen molar-refractivity contribution in [2.75, 3.05) is 19.8 Å². The summed E-state index contributed by atoms with van der Waals surface area (Å²) in [5.74, 6) is 0.687. The van der Waals surface area contributed by atoms with Crippen molar-refractivity contribution in [3.8, 4) is 5.75 Å². The van der Waals surface area contributed by atoms with Gasteiger partial charge >= 0.3 is 0 Å². The van der Waals surface area contributed by atoms with Gasteiger partial charge < -0.3 is 14.7 Å². The maximum atomic E-state index is 12.3. The van der Waals surface area contributed by atoms with Crippen molar-refractivity contribution in [3.63, 3.8) is 0 Å². The largest absolute Gasteiger partial charge is 0.484 e. The van der Waals surface area contributed by atoms with E-state index in [1.165, 1.54) is 18.4 Å². The summed E-state index contributed by atoms with van der Waals surface area (Å²) in [6.45, 7) is 2.56. The zero-order valence-electron chi connectivity index (χ0n) is 12.8. The molecular weight excluding hydrogens is 266 g/mol. The molecule has 0 heterocycles. The molecule has 0 aromatic heterocycles. The fourth-order valence-electron chi connectivity index (χ4n) is 2.88. The molecule has 0 aliphatic heterocycles. The maximum Gasteiger partial charge on any atom is 0.260 e. The number of ether oxygens (including phenoxy) is 1. The van der Waals surface area contributed by atoms with Gasteiger partial charge in [0.1, 0.15) is 5.75 Å². The van der Waals surface area contributed by atoms with Crippen molar-refractivity contribution in [1.29, 1.82) is 0 Å². The van der Waals surface area contributed by atoms with E-state index >= 15 is 0 Å². The number of carbonyl (C=O) groups excluding carboxylic acids is 1. The second-order valence-corrected chi connectivity index (χ2v) is 5.54. The topological polar surface area (TPSA) is 49.8 Å². The predicted molar refractivity (Wildman–Crippen MR) is 82.4 cm³/mol. The molecule has 4 heteroatoms. The van der Waals surface area contributed by atoms with Crippen LogP contribution in [0.15, 0.2) is 24.3 Å².